The van der Waals surface area contributed by atoms with Crippen LogP contribution >= 0.6 is 11.6 Å². The number of benzene rings is 3. The van der Waals surface area contributed by atoms with Crippen LogP contribution in [0.1, 0.15) is 22.4 Å². The Bertz CT molecular complexity index is 1440. The first-order valence-corrected chi connectivity index (χ1v) is 10.9. The lowest BCUT2D eigenvalue weighted by Gasteiger charge is -2.13. The maximum absolute atomic E-state index is 13.2. The number of aromatic nitrogens is 2. The second-order valence-electron chi connectivity index (χ2n) is 8.04. The molecular formula is C27H22ClFN2O. The molecule has 0 aliphatic carbocycles. The Hall–Kier alpha value is -3.37. The highest BCUT2D eigenvalue weighted by Gasteiger charge is 2.18. The van der Waals surface area contributed by atoms with Crippen LogP contribution in [0.2, 0.25) is 5.15 Å². The summed E-state index contributed by atoms with van der Waals surface area (Å²) < 4.78 is 21.6. The molecule has 0 unspecified atom stereocenters. The van der Waals surface area contributed by atoms with Gasteiger partial charge in [0.05, 0.1) is 0 Å². The molecule has 0 saturated carbocycles. The summed E-state index contributed by atoms with van der Waals surface area (Å²) in [6.45, 7) is 5.17. The maximum Gasteiger partial charge on any atom is 0.240 e. The van der Waals surface area contributed by atoms with Gasteiger partial charge in [0.1, 0.15) is 23.1 Å². The van der Waals surface area contributed by atoms with E-state index in [1.54, 1.807) is 12.1 Å². The van der Waals surface area contributed by atoms with Crippen molar-refractivity contribution in [3.63, 3.8) is 0 Å². The number of hydrogen-bond acceptors (Lipinski definition) is 2. The third-order valence-corrected chi connectivity index (χ3v) is 6.19. The van der Waals surface area contributed by atoms with Gasteiger partial charge in [-0.2, -0.15) is 4.98 Å². The number of hydrogen-bond donors (Lipinski definition) is 0. The lowest BCUT2D eigenvalue weighted by atomic mass is 10.1. The van der Waals surface area contributed by atoms with Crippen molar-refractivity contribution in [1.82, 2.24) is 9.55 Å². The van der Waals surface area contributed by atoms with Crippen molar-refractivity contribution in [1.29, 1.82) is 0 Å². The summed E-state index contributed by atoms with van der Waals surface area (Å²) in [6, 6.07) is 23.0. The third-order valence-electron chi connectivity index (χ3n) is 5.99. The number of ether oxygens (including phenoxy) is 1. The van der Waals surface area contributed by atoms with Gasteiger partial charge < -0.3 is 9.30 Å². The first-order valence-electron chi connectivity index (χ1n) is 10.5. The second kappa shape index (κ2) is 8.29. The standard InChI is InChI=1S/C27H22ClFN2O/c1-17-18(2)31(15-20-7-10-21-5-3-4-6-22(21)13-20)26-24(17)14-25(28)30-27(26)32-16-19-8-11-23(29)12-9-19/h3-14H,15-16H2,1-2H3. The van der Waals surface area contributed by atoms with E-state index in [0.29, 0.717) is 17.6 Å². The van der Waals surface area contributed by atoms with Crippen molar-refractivity contribution >= 4 is 33.3 Å². The molecule has 5 aromatic rings. The predicted octanol–water partition coefficient (Wildman–Crippen LogP) is 7.23. The Balaban J connectivity index is 1.56. The molecule has 0 amide bonds. The van der Waals surface area contributed by atoms with E-state index in [1.165, 1.54) is 28.5 Å². The Morgan fingerprint density at radius 2 is 1.62 bits per heavy atom. The molecule has 0 radical (unpaired) electrons. The van der Waals surface area contributed by atoms with Gasteiger partial charge in [-0.05, 0) is 65.6 Å². The van der Waals surface area contributed by atoms with Gasteiger partial charge in [0.15, 0.2) is 0 Å². The van der Waals surface area contributed by atoms with Gasteiger partial charge in [0.2, 0.25) is 5.88 Å². The Labute approximate surface area is 191 Å². The molecule has 160 valence electrons. The lowest BCUT2D eigenvalue weighted by Crippen LogP contribution is -2.05. The molecule has 5 rings (SSSR count). The van der Waals surface area contributed by atoms with E-state index in [2.05, 4.69) is 65.9 Å². The molecule has 0 N–H and O–H groups in total. The van der Waals surface area contributed by atoms with Crippen molar-refractivity contribution < 1.29 is 9.13 Å². The smallest absolute Gasteiger partial charge is 0.240 e. The Morgan fingerprint density at radius 1 is 0.906 bits per heavy atom. The summed E-state index contributed by atoms with van der Waals surface area (Å²) in [5, 5.41) is 3.85. The highest BCUT2D eigenvalue weighted by atomic mass is 35.5. The van der Waals surface area contributed by atoms with E-state index in [4.69, 9.17) is 16.3 Å². The monoisotopic (exact) mass is 444 g/mol. The van der Waals surface area contributed by atoms with Crippen LogP contribution in [0.15, 0.2) is 72.8 Å². The fourth-order valence-electron chi connectivity index (χ4n) is 4.15. The number of aryl methyl sites for hydroxylation is 1. The average molecular weight is 445 g/mol. The predicted molar refractivity (Wildman–Crippen MR) is 128 cm³/mol. The molecule has 0 spiro atoms. The average Bonchev–Trinajstić information content (AvgIpc) is 3.03. The van der Waals surface area contributed by atoms with Crippen molar-refractivity contribution in [3.8, 4) is 5.88 Å². The zero-order chi connectivity index (χ0) is 22.2. The Kier molecular flexibility index (Phi) is 5.32. The zero-order valence-corrected chi connectivity index (χ0v) is 18.7. The molecule has 0 aliphatic rings. The maximum atomic E-state index is 13.2. The lowest BCUT2D eigenvalue weighted by molar-refractivity contribution is 0.296. The fourth-order valence-corrected chi connectivity index (χ4v) is 4.33. The molecule has 3 aromatic carbocycles. The number of rotatable bonds is 5. The number of fused-ring (bicyclic) bond motifs is 2. The van der Waals surface area contributed by atoms with E-state index in [-0.39, 0.29) is 12.4 Å². The van der Waals surface area contributed by atoms with Gasteiger partial charge >= 0.3 is 0 Å². The molecule has 0 aliphatic heterocycles. The summed E-state index contributed by atoms with van der Waals surface area (Å²) in [6.07, 6.45) is 0. The number of nitrogens with zero attached hydrogens (tertiary/aromatic N) is 2. The largest absolute Gasteiger partial charge is 0.471 e. The molecular weight excluding hydrogens is 423 g/mol. The minimum Gasteiger partial charge on any atom is -0.471 e. The SMILES string of the molecule is Cc1c(C)n(Cc2ccc3ccccc3c2)c2c(OCc3ccc(F)cc3)nc(Cl)cc12. The van der Waals surface area contributed by atoms with Gasteiger partial charge in [0.25, 0.3) is 0 Å². The van der Waals surface area contributed by atoms with Crippen molar-refractivity contribution in [3.05, 3.63) is 106 Å². The van der Waals surface area contributed by atoms with Crippen LogP contribution < -0.4 is 4.74 Å². The van der Waals surface area contributed by atoms with E-state index in [1.807, 2.05) is 6.07 Å². The topological polar surface area (TPSA) is 27.1 Å². The molecule has 3 nitrogen and oxygen atoms in total. The van der Waals surface area contributed by atoms with Crippen molar-refractivity contribution in [2.75, 3.05) is 0 Å². The van der Waals surface area contributed by atoms with Crippen LogP contribution in [-0.4, -0.2) is 9.55 Å². The van der Waals surface area contributed by atoms with Gasteiger partial charge in [-0.3, -0.25) is 0 Å². The zero-order valence-electron chi connectivity index (χ0n) is 17.9. The first-order chi connectivity index (χ1) is 15.5. The Morgan fingerprint density at radius 3 is 2.41 bits per heavy atom. The highest BCUT2D eigenvalue weighted by Crippen LogP contribution is 2.34. The van der Waals surface area contributed by atoms with Crippen LogP contribution in [-0.2, 0) is 13.2 Å². The first kappa shape index (κ1) is 20.5. The van der Waals surface area contributed by atoms with Gasteiger partial charge in [-0.1, -0.05) is 60.1 Å². The molecule has 0 fully saturated rings. The summed E-state index contributed by atoms with van der Waals surface area (Å²) in [5.74, 6) is 0.210. The number of pyridine rings is 1. The summed E-state index contributed by atoms with van der Waals surface area (Å²) in [5.41, 5.74) is 5.27. The van der Waals surface area contributed by atoms with Gasteiger partial charge in [-0.25, -0.2) is 4.39 Å². The van der Waals surface area contributed by atoms with E-state index >= 15 is 0 Å². The van der Waals surface area contributed by atoms with E-state index < -0.39 is 0 Å². The highest BCUT2D eigenvalue weighted by molar-refractivity contribution is 6.30. The molecule has 0 atom stereocenters. The third kappa shape index (κ3) is 3.82. The van der Waals surface area contributed by atoms with E-state index in [0.717, 1.165) is 27.7 Å². The minimum absolute atomic E-state index is 0.271. The van der Waals surface area contributed by atoms with Crippen molar-refractivity contribution in [2.24, 2.45) is 0 Å². The molecule has 0 saturated heterocycles. The quantitative estimate of drug-likeness (QED) is 0.267. The summed E-state index contributed by atoms with van der Waals surface area (Å²) in [4.78, 5) is 4.49. The number of halogens is 2. The second-order valence-corrected chi connectivity index (χ2v) is 8.43. The summed E-state index contributed by atoms with van der Waals surface area (Å²) >= 11 is 6.34. The van der Waals surface area contributed by atoms with Crippen LogP contribution in [0, 0.1) is 19.7 Å². The van der Waals surface area contributed by atoms with E-state index in [9.17, 15) is 4.39 Å². The fraction of sp³-hybridized carbons (Fsp3) is 0.148. The molecule has 32 heavy (non-hydrogen) atoms. The molecule has 0 bridgehead atoms. The van der Waals surface area contributed by atoms with Gasteiger partial charge in [0, 0.05) is 17.6 Å². The van der Waals surface area contributed by atoms with Gasteiger partial charge in [-0.15, -0.1) is 0 Å². The molecule has 2 heterocycles. The van der Waals surface area contributed by atoms with Crippen LogP contribution in [0.25, 0.3) is 21.7 Å². The normalized spacial score (nSPS) is 11.4. The molecule has 5 heteroatoms. The van der Waals surface area contributed by atoms with Crippen molar-refractivity contribution in [2.45, 2.75) is 27.0 Å². The summed E-state index contributed by atoms with van der Waals surface area (Å²) in [7, 11) is 0. The van der Waals surface area contributed by atoms with Crippen LogP contribution in [0.3, 0.4) is 0 Å². The van der Waals surface area contributed by atoms with Crippen LogP contribution in [0.5, 0.6) is 5.88 Å². The van der Waals surface area contributed by atoms with Crippen LogP contribution in [0.4, 0.5) is 4.39 Å². The molecule has 2 aromatic heterocycles. The minimum atomic E-state index is -0.271.